The van der Waals surface area contributed by atoms with E-state index in [2.05, 4.69) is 237 Å². The number of nitrogens with zero attached hydrogens (tertiary/aromatic N) is 4. The van der Waals surface area contributed by atoms with Crippen LogP contribution in [0.1, 0.15) is 83.2 Å². The molecular formula is C59H92N4O3SSe4+4. The molecule has 0 fully saturated rings. The monoisotopic (exact) mass is 1260 g/mol. The summed E-state index contributed by atoms with van der Waals surface area (Å²) in [6.07, 6.45) is 0. The van der Waals surface area contributed by atoms with E-state index in [1.807, 2.05) is 6.92 Å². The number of rotatable bonds is 19. The zero-order valence-corrected chi connectivity index (χ0v) is 55.1. The smallest absolute Gasteiger partial charge is 0.282 e. The fourth-order valence-electron chi connectivity index (χ4n) is 10.4. The standard InChI is InChI=1S/2C26H42N2Se2.C7H8O3S/c2*1-25(2,19-27(5,6)7)21-15-11-13-17-23(21)29-30-24-18-14-12-16-22(24)26(3,4)20-28(8,9)10;1-6-2-4-7(5-3-6)11(8,9)10/h2*11-18H,19-20H2,1-10H3;2-5H,1H3,(H,8,9,10)/q2*+2;. The molecule has 0 aliphatic carbocycles. The Hall–Kier alpha value is -2.07. The fourth-order valence-corrected chi connectivity index (χ4v) is 26.6. The van der Waals surface area contributed by atoms with Crippen molar-refractivity contribution >= 4 is 80.5 Å². The molecule has 1 N–H and O–H groups in total. The summed E-state index contributed by atoms with van der Waals surface area (Å²) < 4.78 is 39.8. The summed E-state index contributed by atoms with van der Waals surface area (Å²) in [6, 6.07) is 42.8. The van der Waals surface area contributed by atoms with Gasteiger partial charge >= 0.3 is 395 Å². The van der Waals surface area contributed by atoms with E-state index in [1.165, 1.54) is 12.1 Å². The van der Waals surface area contributed by atoms with Crippen molar-refractivity contribution in [3.63, 3.8) is 0 Å². The van der Waals surface area contributed by atoms with Crippen molar-refractivity contribution in [2.45, 2.75) is 88.9 Å². The first-order valence-electron chi connectivity index (χ1n) is 24.5. The second-order valence-electron chi connectivity index (χ2n) is 25.9. The van der Waals surface area contributed by atoms with Crippen molar-refractivity contribution < 1.29 is 30.9 Å². The predicted octanol–water partition coefficient (Wildman–Crippen LogP) is 7.10. The molecule has 0 aliphatic rings. The SMILES string of the molecule is CC(C)(C[N+](C)(C)C)c1ccccc1[Se][Se]c1ccccc1C(C)(C)C[N+](C)(C)C.CC(C)(C[N+](C)(C)C)c1ccccc1[Se][Se]c1ccccc1C(C)(C)C[N+](C)(C)C.Cc1ccc(S(=O)(=O)O)cc1. The molecule has 7 nitrogen and oxygen atoms in total. The van der Waals surface area contributed by atoms with Crippen LogP contribution < -0.4 is 17.8 Å². The van der Waals surface area contributed by atoms with Gasteiger partial charge in [0.05, 0.1) is 4.90 Å². The van der Waals surface area contributed by atoms with Crippen molar-refractivity contribution in [1.29, 1.82) is 0 Å². The average molecular weight is 1250 g/mol. The minimum absolute atomic E-state index is 0.0666. The van der Waals surface area contributed by atoms with Crippen molar-refractivity contribution in [3.8, 4) is 0 Å². The molecule has 0 saturated carbocycles. The van der Waals surface area contributed by atoms with E-state index in [9.17, 15) is 8.42 Å². The Balaban J connectivity index is 0.000000309. The molecule has 0 aliphatic heterocycles. The normalized spacial score (nSPS) is 13.2. The molecule has 0 saturated heterocycles. The third kappa shape index (κ3) is 22.0. The zero-order valence-electron chi connectivity index (χ0n) is 47.5. The van der Waals surface area contributed by atoms with Gasteiger partial charge in [0.15, 0.2) is 0 Å². The van der Waals surface area contributed by atoms with Crippen LogP contribution in [-0.2, 0) is 31.8 Å². The molecule has 0 bridgehead atoms. The van der Waals surface area contributed by atoms with Crippen LogP contribution >= 0.6 is 0 Å². The van der Waals surface area contributed by atoms with Crippen LogP contribution in [0.5, 0.6) is 0 Å². The first-order valence-corrected chi connectivity index (χ1v) is 38.1. The fraction of sp³-hybridized carbons (Fsp3) is 0.492. The molecule has 71 heavy (non-hydrogen) atoms. The maximum Gasteiger partial charge on any atom is 0.294 e. The molecule has 12 heteroatoms. The first-order chi connectivity index (χ1) is 32.2. The summed E-state index contributed by atoms with van der Waals surface area (Å²) in [7, 11) is 23.5. The van der Waals surface area contributed by atoms with E-state index >= 15 is 0 Å². The topological polar surface area (TPSA) is 54.4 Å². The number of hydrogen-bond donors (Lipinski definition) is 1. The van der Waals surface area contributed by atoms with Gasteiger partial charge in [0, 0.05) is 0 Å². The van der Waals surface area contributed by atoms with Crippen LogP contribution in [0.3, 0.4) is 0 Å². The molecule has 0 heterocycles. The van der Waals surface area contributed by atoms with Gasteiger partial charge in [-0.15, -0.1) is 0 Å². The van der Waals surface area contributed by atoms with E-state index in [0.717, 1.165) is 49.7 Å². The van der Waals surface area contributed by atoms with Gasteiger partial charge < -0.3 is 0 Å². The molecule has 5 aromatic rings. The van der Waals surface area contributed by atoms with Crippen molar-refractivity contribution in [1.82, 2.24) is 0 Å². The third-order valence-electron chi connectivity index (χ3n) is 11.7. The summed E-state index contributed by atoms with van der Waals surface area (Å²) >= 11 is 1.92. The van der Waals surface area contributed by atoms with Crippen molar-refractivity contribution in [3.05, 3.63) is 149 Å². The molecule has 5 aromatic carbocycles. The van der Waals surface area contributed by atoms with E-state index in [-0.39, 0.29) is 26.6 Å². The summed E-state index contributed by atoms with van der Waals surface area (Å²) in [5, 5.41) is 0. The minimum atomic E-state index is -4.02. The van der Waals surface area contributed by atoms with Crippen LogP contribution in [-0.4, -0.2) is 194 Å². The molecule has 0 radical (unpaired) electrons. The molecule has 0 spiro atoms. The van der Waals surface area contributed by atoms with Gasteiger partial charge in [-0.1, -0.05) is 17.7 Å². The second kappa shape index (κ2) is 25.2. The number of quaternary nitrogens is 4. The van der Waals surface area contributed by atoms with Crippen molar-refractivity contribution in [2.75, 3.05) is 111 Å². The largest absolute Gasteiger partial charge is 0.294 e. The van der Waals surface area contributed by atoms with Crippen molar-refractivity contribution in [2.24, 2.45) is 0 Å². The minimum Gasteiger partial charge on any atom is -0.282 e. The molecule has 0 aromatic heterocycles. The maximum absolute atomic E-state index is 10.5. The van der Waals surface area contributed by atoms with E-state index < -0.39 is 10.1 Å². The Labute approximate surface area is 456 Å². The average Bonchev–Trinajstić information content (AvgIpc) is 3.19. The third-order valence-corrected chi connectivity index (χ3v) is 27.1. The van der Waals surface area contributed by atoms with Gasteiger partial charge in [0.2, 0.25) is 0 Å². The van der Waals surface area contributed by atoms with Crippen LogP contribution in [0.4, 0.5) is 0 Å². The molecular weight excluding hydrogens is 1160 g/mol. The van der Waals surface area contributed by atoms with E-state index in [1.54, 1.807) is 52.2 Å². The van der Waals surface area contributed by atoms with Gasteiger partial charge in [0.25, 0.3) is 10.1 Å². The molecule has 392 valence electrons. The van der Waals surface area contributed by atoms with Crippen LogP contribution in [0.15, 0.2) is 126 Å². The summed E-state index contributed by atoms with van der Waals surface area (Å²) in [5.74, 6) is 0. The number of aryl methyl sites for hydroxylation is 1. The zero-order chi connectivity index (χ0) is 54.1. The quantitative estimate of drug-likeness (QED) is 0.0546. The molecule has 5 rings (SSSR count). The number of benzene rings is 5. The Kier molecular flexibility index (Phi) is 22.4. The van der Waals surface area contributed by atoms with Gasteiger partial charge in [-0.05, 0) is 19.1 Å². The Morgan fingerprint density at radius 1 is 0.366 bits per heavy atom. The van der Waals surface area contributed by atoms with Gasteiger partial charge in [0.1, 0.15) is 0 Å². The summed E-state index contributed by atoms with van der Waals surface area (Å²) in [4.78, 5) is -0.0666. The molecule has 0 amide bonds. The predicted molar refractivity (Wildman–Crippen MR) is 312 cm³/mol. The number of likely N-dealkylation sites (N-methyl/N-ethyl adjacent to an activating group) is 4. The first kappa shape index (κ1) is 63.2. The van der Waals surface area contributed by atoms with E-state index in [4.69, 9.17) is 4.55 Å². The van der Waals surface area contributed by atoms with Gasteiger partial charge in [-0.25, -0.2) is 0 Å². The second-order valence-corrected chi connectivity index (χ2v) is 39.7. The molecule has 0 unspecified atom stereocenters. The Bertz CT molecular complexity index is 2300. The Morgan fingerprint density at radius 2 is 0.563 bits per heavy atom. The van der Waals surface area contributed by atoms with Crippen LogP contribution in [0.25, 0.3) is 0 Å². The van der Waals surface area contributed by atoms with Gasteiger partial charge in [-0.3, -0.25) is 4.55 Å². The van der Waals surface area contributed by atoms with Gasteiger partial charge in [-0.2, -0.15) is 8.42 Å². The summed E-state index contributed by atoms with van der Waals surface area (Å²) in [5.41, 5.74) is 7.84. The van der Waals surface area contributed by atoms with Crippen LogP contribution in [0.2, 0.25) is 0 Å². The Morgan fingerprint density at radius 3 is 0.746 bits per heavy atom. The maximum atomic E-state index is 10.5. The molecule has 0 atom stereocenters. The van der Waals surface area contributed by atoms with E-state index in [0.29, 0.717) is 52.5 Å². The summed E-state index contributed by atoms with van der Waals surface area (Å²) in [6.45, 7) is 25.7. The van der Waals surface area contributed by atoms with Crippen LogP contribution in [0, 0.1) is 6.92 Å². The number of hydrogen-bond acceptors (Lipinski definition) is 2.